The van der Waals surface area contributed by atoms with Gasteiger partial charge in [-0.3, -0.25) is 0 Å². The normalized spacial score (nSPS) is 17.4. The van der Waals surface area contributed by atoms with Crippen LogP contribution < -0.4 is 15.8 Å². The molecule has 5 rings (SSSR count). The molecule has 2 aliphatic heterocycles. The maximum Gasteiger partial charge on any atom is 0.175 e. The molecule has 2 aliphatic rings. The van der Waals surface area contributed by atoms with Crippen molar-refractivity contribution >= 4 is 18.2 Å². The number of aliphatic imine (C=N–C) groups is 1. The topological polar surface area (TPSA) is 111 Å². The van der Waals surface area contributed by atoms with E-state index < -0.39 is 0 Å². The minimum absolute atomic E-state index is 0.187. The van der Waals surface area contributed by atoms with Crippen molar-refractivity contribution in [2.75, 3.05) is 38.4 Å². The van der Waals surface area contributed by atoms with Gasteiger partial charge in [0, 0.05) is 25.3 Å². The summed E-state index contributed by atoms with van der Waals surface area (Å²) < 4.78 is 16.2. The maximum absolute atomic E-state index is 9.10. The molecule has 0 amide bonds. The Morgan fingerprint density at radius 1 is 1.00 bits per heavy atom. The Bertz CT molecular complexity index is 1120. The molecule has 0 bridgehead atoms. The lowest BCUT2D eigenvalue weighted by atomic mass is 10.0. The lowest BCUT2D eigenvalue weighted by Gasteiger charge is -2.12. The third-order valence-corrected chi connectivity index (χ3v) is 6.23. The highest BCUT2D eigenvalue weighted by molar-refractivity contribution is 5.75. The third kappa shape index (κ3) is 7.61. The molecule has 38 heavy (non-hydrogen) atoms. The minimum Gasteiger partial charge on any atom is -0.492 e. The molecule has 8 heteroatoms. The Labute approximate surface area is 225 Å². The second kappa shape index (κ2) is 15.2. The summed E-state index contributed by atoms with van der Waals surface area (Å²) in [5, 5.41) is 11.9. The van der Waals surface area contributed by atoms with Crippen LogP contribution in [0.4, 0.5) is 11.5 Å². The van der Waals surface area contributed by atoms with E-state index in [4.69, 9.17) is 25.1 Å². The van der Waals surface area contributed by atoms with Crippen LogP contribution in [0.3, 0.4) is 0 Å². The first kappa shape index (κ1) is 29.3. The number of nitrogens with two attached hydrogens (primary N) is 1. The summed E-state index contributed by atoms with van der Waals surface area (Å²) in [5.41, 5.74) is 11.1. The average Bonchev–Trinajstić information content (AvgIpc) is 3.60. The average molecular weight is 521 g/mol. The van der Waals surface area contributed by atoms with Gasteiger partial charge in [0.15, 0.2) is 5.82 Å². The number of anilines is 1. The van der Waals surface area contributed by atoms with Crippen LogP contribution >= 0.6 is 0 Å². The van der Waals surface area contributed by atoms with Gasteiger partial charge in [-0.2, -0.15) is 0 Å². The third-order valence-electron chi connectivity index (χ3n) is 6.23. The van der Waals surface area contributed by atoms with Crippen LogP contribution in [-0.4, -0.2) is 62.1 Å². The number of hydrogen-bond donors (Lipinski definition) is 3. The molecule has 0 spiro atoms. The molecule has 0 saturated carbocycles. The van der Waals surface area contributed by atoms with Crippen LogP contribution in [0.5, 0.6) is 5.75 Å². The highest BCUT2D eigenvalue weighted by Gasteiger charge is 2.33. The van der Waals surface area contributed by atoms with E-state index in [-0.39, 0.29) is 6.73 Å². The van der Waals surface area contributed by atoms with E-state index in [1.54, 1.807) is 0 Å². The summed E-state index contributed by atoms with van der Waals surface area (Å²) in [6, 6.07) is 18.1. The molecular formula is C30H40N4O4. The Balaban J connectivity index is 0.000000333. The fourth-order valence-corrected chi connectivity index (χ4v) is 4.40. The van der Waals surface area contributed by atoms with E-state index >= 15 is 0 Å². The van der Waals surface area contributed by atoms with Crippen LogP contribution in [-0.2, 0) is 9.47 Å². The number of aliphatic hydroxyl groups excluding tert-OH is 1. The smallest absolute Gasteiger partial charge is 0.175 e. The first-order valence-corrected chi connectivity index (χ1v) is 13.2. The molecule has 0 aliphatic carbocycles. The number of fused-ring (bicyclic) bond motifs is 1. The fraction of sp³-hybridized carbons (Fsp3) is 0.400. The molecule has 204 valence electrons. The van der Waals surface area contributed by atoms with Crippen LogP contribution in [0.15, 0.2) is 59.6 Å². The zero-order chi connectivity index (χ0) is 27.3. The molecule has 3 aromatic rings. The highest BCUT2D eigenvalue weighted by atomic mass is 16.6. The van der Waals surface area contributed by atoms with E-state index in [1.807, 2.05) is 63.2 Å². The number of aromatic nitrogens is 1. The molecule has 3 heterocycles. The van der Waals surface area contributed by atoms with Crippen molar-refractivity contribution in [2.45, 2.75) is 45.8 Å². The number of aliphatic hydroxyl groups is 1. The van der Waals surface area contributed by atoms with E-state index in [1.165, 1.54) is 0 Å². The number of ether oxygens (including phenoxy) is 3. The number of nitrogens with one attached hydrogen (secondary N) is 1. The summed E-state index contributed by atoms with van der Waals surface area (Å²) in [5.74, 6) is 1.28. The van der Waals surface area contributed by atoms with Gasteiger partial charge in [-0.25, -0.2) is 9.98 Å². The molecule has 2 fully saturated rings. The van der Waals surface area contributed by atoms with Crippen LogP contribution in [0.2, 0.25) is 0 Å². The zero-order valence-electron chi connectivity index (χ0n) is 22.7. The van der Waals surface area contributed by atoms with Gasteiger partial charge >= 0.3 is 0 Å². The van der Waals surface area contributed by atoms with Gasteiger partial charge in [0.1, 0.15) is 19.1 Å². The molecule has 0 radical (unpaired) electrons. The summed E-state index contributed by atoms with van der Waals surface area (Å²) in [4.78, 5) is 8.55. The quantitative estimate of drug-likeness (QED) is 0.271. The molecule has 8 nitrogen and oxygen atoms in total. The predicted octanol–water partition coefficient (Wildman–Crippen LogP) is 5.35. The minimum atomic E-state index is -0.187. The van der Waals surface area contributed by atoms with Gasteiger partial charge in [-0.05, 0) is 61.4 Å². The summed E-state index contributed by atoms with van der Waals surface area (Å²) >= 11 is 0. The monoisotopic (exact) mass is 520 g/mol. The summed E-state index contributed by atoms with van der Waals surface area (Å²) in [7, 11) is 0. The SMILES string of the molecule is C1CC2OCCC2O1.C=Nc1nc(-c2ccc(-c3ccc(OCCN)cc3)cc2)c(C)cc1NCO.CC. The van der Waals surface area contributed by atoms with Crippen molar-refractivity contribution in [3.05, 3.63) is 60.2 Å². The molecule has 2 aromatic carbocycles. The maximum atomic E-state index is 9.10. The van der Waals surface area contributed by atoms with Crippen molar-refractivity contribution in [3.63, 3.8) is 0 Å². The Morgan fingerprint density at radius 2 is 1.55 bits per heavy atom. The van der Waals surface area contributed by atoms with Crippen LogP contribution in [0.25, 0.3) is 22.4 Å². The Morgan fingerprint density at radius 3 is 2.08 bits per heavy atom. The van der Waals surface area contributed by atoms with Gasteiger partial charge in [-0.1, -0.05) is 50.2 Å². The first-order valence-electron chi connectivity index (χ1n) is 13.2. The molecular weight excluding hydrogens is 480 g/mol. The van der Waals surface area contributed by atoms with Gasteiger partial charge in [0.05, 0.1) is 23.6 Å². The molecule has 2 atom stereocenters. The van der Waals surface area contributed by atoms with Crippen molar-refractivity contribution < 1.29 is 19.3 Å². The summed E-state index contributed by atoms with van der Waals surface area (Å²) in [6.45, 7) is 12.2. The van der Waals surface area contributed by atoms with Crippen molar-refractivity contribution in [1.29, 1.82) is 0 Å². The van der Waals surface area contributed by atoms with Crippen LogP contribution in [0.1, 0.15) is 32.3 Å². The van der Waals surface area contributed by atoms with Crippen molar-refractivity contribution in [3.8, 4) is 28.1 Å². The number of benzene rings is 2. The largest absolute Gasteiger partial charge is 0.492 e. The Kier molecular flexibility index (Phi) is 11.7. The van der Waals surface area contributed by atoms with E-state index in [2.05, 4.69) is 34.1 Å². The second-order valence-corrected chi connectivity index (χ2v) is 8.65. The van der Waals surface area contributed by atoms with Crippen molar-refractivity contribution in [1.82, 2.24) is 4.98 Å². The highest BCUT2D eigenvalue weighted by Crippen LogP contribution is 2.32. The first-order chi connectivity index (χ1) is 18.6. The Hall–Kier alpha value is -3.30. The number of hydrogen-bond acceptors (Lipinski definition) is 8. The number of pyridine rings is 1. The number of nitrogens with zero attached hydrogens (tertiary/aromatic N) is 2. The molecule has 1 aromatic heterocycles. The second-order valence-electron chi connectivity index (χ2n) is 8.65. The van der Waals surface area contributed by atoms with E-state index in [0.29, 0.717) is 36.9 Å². The summed E-state index contributed by atoms with van der Waals surface area (Å²) in [6.07, 6.45) is 3.14. The molecule has 2 saturated heterocycles. The predicted molar refractivity (Wildman–Crippen MR) is 154 cm³/mol. The lowest BCUT2D eigenvalue weighted by Crippen LogP contribution is -2.13. The number of rotatable bonds is 8. The van der Waals surface area contributed by atoms with E-state index in [9.17, 15) is 0 Å². The van der Waals surface area contributed by atoms with E-state index in [0.717, 1.165) is 59.8 Å². The number of aryl methyl sites for hydroxylation is 1. The van der Waals surface area contributed by atoms with Gasteiger partial charge < -0.3 is 30.4 Å². The fourth-order valence-electron chi connectivity index (χ4n) is 4.40. The molecule has 2 unspecified atom stereocenters. The van der Waals surface area contributed by atoms with Crippen LogP contribution in [0, 0.1) is 6.92 Å². The van der Waals surface area contributed by atoms with Gasteiger partial charge in [0.2, 0.25) is 0 Å². The van der Waals surface area contributed by atoms with Gasteiger partial charge in [0.25, 0.3) is 0 Å². The standard InChI is InChI=1S/C22H24N4O2.C6H10O2.C2H6/c1-15-13-20(25-14-27)22(24-2)26-21(15)18-5-3-16(4-6-18)17-7-9-19(10-8-17)28-12-11-23;1-3-7-6-2-4-8-5(1)6;1-2/h3-10,13,25,27H,2,11-12,14,23H2,1H3;5-6H,1-4H2;1-2H3. The molecule has 4 N–H and O–H groups in total. The van der Waals surface area contributed by atoms with Gasteiger partial charge in [-0.15, -0.1) is 0 Å². The van der Waals surface area contributed by atoms with Crippen molar-refractivity contribution in [2.24, 2.45) is 10.7 Å². The lowest BCUT2D eigenvalue weighted by molar-refractivity contribution is 0.0732. The zero-order valence-corrected chi connectivity index (χ0v) is 22.7.